The Labute approximate surface area is 132 Å². The van der Waals surface area contributed by atoms with E-state index in [-0.39, 0.29) is 11.8 Å². The zero-order valence-electron chi connectivity index (χ0n) is 13.1. The van der Waals surface area contributed by atoms with Gasteiger partial charge in [-0.1, -0.05) is 43.2 Å². The zero-order valence-corrected chi connectivity index (χ0v) is 13.1. The van der Waals surface area contributed by atoms with Crippen LogP contribution < -0.4 is 5.32 Å². The first kappa shape index (κ1) is 16.3. The molecule has 1 fully saturated rings. The molecule has 2 amide bonds. The normalized spacial score (nSPS) is 17.0. The molecule has 0 aromatic heterocycles. The second-order valence-corrected chi connectivity index (χ2v) is 5.71. The molecule has 0 radical (unpaired) electrons. The Bertz CT molecular complexity index is 517. The lowest BCUT2D eigenvalue weighted by Crippen LogP contribution is -2.46. The van der Waals surface area contributed by atoms with Gasteiger partial charge >= 0.3 is 0 Å². The number of hydrogen-bond acceptors (Lipinski definition) is 2. The van der Waals surface area contributed by atoms with E-state index in [1.54, 1.807) is 13.0 Å². The van der Waals surface area contributed by atoms with Crippen LogP contribution in [0.4, 0.5) is 0 Å². The predicted octanol–water partition coefficient (Wildman–Crippen LogP) is 2.61. The van der Waals surface area contributed by atoms with Crippen molar-refractivity contribution in [1.82, 2.24) is 10.2 Å². The van der Waals surface area contributed by atoms with Gasteiger partial charge in [-0.15, -0.1) is 0 Å². The van der Waals surface area contributed by atoms with Gasteiger partial charge in [0.25, 0.3) is 0 Å². The van der Waals surface area contributed by atoms with Gasteiger partial charge in [-0.2, -0.15) is 0 Å². The Hall–Kier alpha value is -2.10. The number of benzene rings is 1. The molecule has 1 saturated heterocycles. The van der Waals surface area contributed by atoms with Crippen molar-refractivity contribution in [2.24, 2.45) is 0 Å². The fourth-order valence-electron chi connectivity index (χ4n) is 2.62. The molecule has 1 N–H and O–H groups in total. The van der Waals surface area contributed by atoms with E-state index >= 15 is 0 Å². The smallest absolute Gasteiger partial charge is 0.244 e. The van der Waals surface area contributed by atoms with Gasteiger partial charge in [0.15, 0.2) is 0 Å². The summed E-state index contributed by atoms with van der Waals surface area (Å²) in [6.45, 7) is 3.36. The average Bonchev–Trinajstić information content (AvgIpc) is 2.82. The molecule has 0 saturated carbocycles. The van der Waals surface area contributed by atoms with Crippen LogP contribution in [-0.2, 0) is 9.59 Å². The van der Waals surface area contributed by atoms with Crippen LogP contribution in [0.5, 0.6) is 0 Å². The minimum Gasteiger partial charge on any atom is -0.341 e. The van der Waals surface area contributed by atoms with Gasteiger partial charge in [-0.05, 0) is 31.4 Å². The molecule has 4 nitrogen and oxygen atoms in total. The van der Waals surface area contributed by atoms with Crippen molar-refractivity contribution in [1.29, 1.82) is 0 Å². The summed E-state index contributed by atoms with van der Waals surface area (Å²) in [4.78, 5) is 26.1. The molecule has 22 heavy (non-hydrogen) atoms. The summed E-state index contributed by atoms with van der Waals surface area (Å²) >= 11 is 0. The first-order valence-corrected chi connectivity index (χ1v) is 7.99. The number of amides is 2. The van der Waals surface area contributed by atoms with E-state index in [2.05, 4.69) is 5.32 Å². The van der Waals surface area contributed by atoms with Gasteiger partial charge < -0.3 is 10.2 Å². The molecule has 4 heteroatoms. The van der Waals surface area contributed by atoms with Crippen molar-refractivity contribution in [3.05, 3.63) is 42.0 Å². The number of carbonyl (C=O) groups is 2. The third kappa shape index (κ3) is 5.02. The highest BCUT2D eigenvalue weighted by molar-refractivity contribution is 5.95. The molecule has 2 rings (SSSR count). The lowest BCUT2D eigenvalue weighted by Gasteiger charge is -2.24. The molecule has 1 heterocycles. The molecule has 0 unspecified atom stereocenters. The summed E-state index contributed by atoms with van der Waals surface area (Å²) in [6.07, 6.45) is 7.70. The molecule has 1 aliphatic rings. The standard InChI is InChI=1S/C18H24N2O2/c1-15(18(22)20-13-7-2-3-8-14-20)19-17(21)12-11-16-9-5-4-6-10-16/h4-6,9-12,15H,2-3,7-8,13-14H2,1H3,(H,19,21)/b12-11+/t15-/m1/s1. The lowest BCUT2D eigenvalue weighted by atomic mass is 10.2. The van der Waals surface area contributed by atoms with E-state index in [0.29, 0.717) is 0 Å². The van der Waals surface area contributed by atoms with Crippen LogP contribution in [0.3, 0.4) is 0 Å². The second kappa shape index (κ2) is 8.37. The molecule has 1 atom stereocenters. The van der Waals surface area contributed by atoms with Crippen molar-refractivity contribution in [3.8, 4) is 0 Å². The number of rotatable bonds is 4. The van der Waals surface area contributed by atoms with Crippen LogP contribution in [0.1, 0.15) is 38.2 Å². The zero-order chi connectivity index (χ0) is 15.8. The third-order valence-electron chi connectivity index (χ3n) is 3.87. The van der Waals surface area contributed by atoms with Crippen LogP contribution in [-0.4, -0.2) is 35.8 Å². The van der Waals surface area contributed by atoms with Crippen molar-refractivity contribution < 1.29 is 9.59 Å². The highest BCUT2D eigenvalue weighted by Crippen LogP contribution is 2.10. The third-order valence-corrected chi connectivity index (χ3v) is 3.87. The van der Waals surface area contributed by atoms with Crippen molar-refractivity contribution >= 4 is 17.9 Å². The molecule has 1 aliphatic heterocycles. The summed E-state index contributed by atoms with van der Waals surface area (Å²) in [5, 5.41) is 2.75. The summed E-state index contributed by atoms with van der Waals surface area (Å²) in [7, 11) is 0. The Balaban J connectivity index is 1.85. The SMILES string of the molecule is C[C@@H](NC(=O)/C=C/c1ccccc1)C(=O)N1CCCCCC1. The minimum absolute atomic E-state index is 0.0170. The Kier molecular flexibility index (Phi) is 6.19. The molecule has 118 valence electrons. The Morgan fingerprint density at radius 1 is 1.09 bits per heavy atom. The summed E-state index contributed by atoms with van der Waals surface area (Å²) < 4.78 is 0. The van der Waals surface area contributed by atoms with Crippen molar-refractivity contribution in [3.63, 3.8) is 0 Å². The monoisotopic (exact) mass is 300 g/mol. The van der Waals surface area contributed by atoms with E-state index < -0.39 is 6.04 Å². The maximum absolute atomic E-state index is 12.3. The topological polar surface area (TPSA) is 49.4 Å². The van der Waals surface area contributed by atoms with Crippen molar-refractivity contribution in [2.75, 3.05) is 13.1 Å². The highest BCUT2D eigenvalue weighted by atomic mass is 16.2. The molecule has 0 bridgehead atoms. The van der Waals surface area contributed by atoms with Gasteiger partial charge in [-0.25, -0.2) is 0 Å². The summed E-state index contributed by atoms with van der Waals surface area (Å²) in [6, 6.07) is 9.14. The van der Waals surface area contributed by atoms with Crippen LogP contribution in [0.15, 0.2) is 36.4 Å². The van der Waals surface area contributed by atoms with E-state index in [9.17, 15) is 9.59 Å². The fourth-order valence-corrected chi connectivity index (χ4v) is 2.62. The van der Waals surface area contributed by atoms with Crippen LogP contribution >= 0.6 is 0 Å². The van der Waals surface area contributed by atoms with Crippen LogP contribution in [0.2, 0.25) is 0 Å². The number of carbonyl (C=O) groups excluding carboxylic acids is 2. The molecular formula is C18H24N2O2. The van der Waals surface area contributed by atoms with Gasteiger partial charge in [0.1, 0.15) is 6.04 Å². The molecule has 0 spiro atoms. The Morgan fingerprint density at radius 3 is 2.36 bits per heavy atom. The molecule has 1 aromatic rings. The number of hydrogen-bond donors (Lipinski definition) is 1. The van der Waals surface area contributed by atoms with E-state index in [1.165, 1.54) is 18.9 Å². The van der Waals surface area contributed by atoms with Gasteiger partial charge in [0, 0.05) is 19.2 Å². The molecular weight excluding hydrogens is 276 g/mol. The fraction of sp³-hybridized carbons (Fsp3) is 0.444. The first-order chi connectivity index (χ1) is 10.7. The van der Waals surface area contributed by atoms with Gasteiger partial charge in [0.2, 0.25) is 11.8 Å². The maximum atomic E-state index is 12.3. The quantitative estimate of drug-likeness (QED) is 0.869. The number of nitrogens with one attached hydrogen (secondary N) is 1. The second-order valence-electron chi connectivity index (χ2n) is 5.71. The number of likely N-dealkylation sites (tertiary alicyclic amines) is 1. The summed E-state index contributed by atoms with van der Waals surface area (Å²) in [5.74, 6) is -0.220. The minimum atomic E-state index is -0.481. The van der Waals surface area contributed by atoms with E-state index in [1.807, 2.05) is 35.2 Å². The average molecular weight is 300 g/mol. The lowest BCUT2D eigenvalue weighted by molar-refractivity contribution is -0.135. The van der Waals surface area contributed by atoms with Crippen LogP contribution in [0.25, 0.3) is 6.08 Å². The highest BCUT2D eigenvalue weighted by Gasteiger charge is 2.21. The van der Waals surface area contributed by atoms with Crippen molar-refractivity contribution in [2.45, 2.75) is 38.6 Å². The predicted molar refractivity (Wildman–Crippen MR) is 88.1 cm³/mol. The molecule has 0 aliphatic carbocycles. The number of nitrogens with zero attached hydrogens (tertiary/aromatic N) is 1. The first-order valence-electron chi connectivity index (χ1n) is 7.99. The largest absolute Gasteiger partial charge is 0.341 e. The Morgan fingerprint density at radius 2 is 1.73 bits per heavy atom. The summed E-state index contributed by atoms with van der Waals surface area (Å²) in [5.41, 5.74) is 0.962. The van der Waals surface area contributed by atoms with Crippen LogP contribution in [0, 0.1) is 0 Å². The van der Waals surface area contributed by atoms with Gasteiger partial charge in [-0.3, -0.25) is 9.59 Å². The molecule has 1 aromatic carbocycles. The van der Waals surface area contributed by atoms with E-state index in [0.717, 1.165) is 31.5 Å². The maximum Gasteiger partial charge on any atom is 0.244 e. The van der Waals surface area contributed by atoms with E-state index in [4.69, 9.17) is 0 Å². The van der Waals surface area contributed by atoms with Gasteiger partial charge in [0.05, 0.1) is 0 Å².